The molecular weight excluding hydrogens is 254 g/mol. The van der Waals surface area contributed by atoms with Gasteiger partial charge in [0.15, 0.2) is 0 Å². The highest BCUT2D eigenvalue weighted by Gasteiger charge is 2.04. The molecule has 0 saturated heterocycles. The summed E-state index contributed by atoms with van der Waals surface area (Å²) in [5.74, 6) is 1.01. The smallest absolute Gasteiger partial charge is 0.227 e. The van der Waals surface area contributed by atoms with Crippen molar-refractivity contribution in [1.29, 1.82) is 0 Å². The van der Waals surface area contributed by atoms with Crippen molar-refractivity contribution in [3.63, 3.8) is 0 Å². The van der Waals surface area contributed by atoms with E-state index in [1.807, 2.05) is 26.0 Å². The van der Waals surface area contributed by atoms with Crippen LogP contribution >= 0.6 is 0 Å². The van der Waals surface area contributed by atoms with Gasteiger partial charge < -0.3 is 10.6 Å². The largest absolute Gasteiger partial charge is 0.354 e. The van der Waals surface area contributed by atoms with Crippen molar-refractivity contribution in [3.05, 3.63) is 41.9 Å². The van der Waals surface area contributed by atoms with Crippen molar-refractivity contribution < 1.29 is 4.79 Å². The molecule has 2 heterocycles. The van der Waals surface area contributed by atoms with E-state index in [1.54, 1.807) is 18.3 Å². The Balaban J connectivity index is 1.79. The summed E-state index contributed by atoms with van der Waals surface area (Å²) in [4.78, 5) is 24.2. The van der Waals surface area contributed by atoms with Crippen molar-refractivity contribution in [2.45, 2.75) is 20.3 Å². The minimum atomic E-state index is -0.0967. The van der Waals surface area contributed by atoms with E-state index < -0.39 is 0 Å². The molecular formula is C14H17N5O. The van der Waals surface area contributed by atoms with Gasteiger partial charge in [0.25, 0.3) is 0 Å². The fraction of sp³-hybridized carbons (Fsp3) is 0.286. The zero-order valence-corrected chi connectivity index (χ0v) is 11.6. The van der Waals surface area contributed by atoms with Crippen LogP contribution in [0.2, 0.25) is 0 Å². The normalized spacial score (nSPS) is 10.1. The maximum atomic E-state index is 11.7. The molecule has 0 unspecified atom stereocenters. The van der Waals surface area contributed by atoms with Crippen LogP contribution < -0.4 is 10.6 Å². The lowest BCUT2D eigenvalue weighted by Crippen LogP contribution is -2.17. The highest BCUT2D eigenvalue weighted by molar-refractivity contribution is 5.89. The lowest BCUT2D eigenvalue weighted by atomic mass is 10.3. The highest BCUT2D eigenvalue weighted by atomic mass is 16.1. The summed E-state index contributed by atoms with van der Waals surface area (Å²) in [6.07, 6.45) is 1.96. The molecule has 6 nitrogen and oxygen atoms in total. The fourth-order valence-corrected chi connectivity index (χ4v) is 1.73. The van der Waals surface area contributed by atoms with Crippen molar-refractivity contribution in [2.75, 3.05) is 17.2 Å². The number of amides is 1. The van der Waals surface area contributed by atoms with Gasteiger partial charge in [-0.25, -0.2) is 15.0 Å². The molecule has 2 rings (SSSR count). The number of nitrogens with zero attached hydrogens (tertiary/aromatic N) is 3. The molecule has 2 aromatic heterocycles. The van der Waals surface area contributed by atoms with Crippen LogP contribution in [0.1, 0.15) is 17.8 Å². The van der Waals surface area contributed by atoms with Crippen LogP contribution in [0, 0.1) is 13.8 Å². The minimum Gasteiger partial charge on any atom is -0.354 e. The molecule has 0 aliphatic rings. The Morgan fingerprint density at radius 2 is 1.95 bits per heavy atom. The third-order valence-electron chi connectivity index (χ3n) is 2.55. The molecule has 104 valence electrons. The standard InChI is InChI=1S/C14H17N5O/c1-10-9-11(2)18-14(17-10)16-8-6-13(20)19-12-5-3-4-7-15-12/h3-5,7,9H,6,8H2,1-2H3,(H,15,19,20)(H,16,17,18). The number of hydrogen-bond acceptors (Lipinski definition) is 5. The minimum absolute atomic E-state index is 0.0967. The predicted octanol–water partition coefficient (Wildman–Crippen LogP) is 1.93. The van der Waals surface area contributed by atoms with E-state index >= 15 is 0 Å². The highest BCUT2D eigenvalue weighted by Crippen LogP contribution is 2.04. The zero-order chi connectivity index (χ0) is 14.4. The SMILES string of the molecule is Cc1cc(C)nc(NCCC(=O)Nc2ccccn2)n1. The first-order valence-corrected chi connectivity index (χ1v) is 6.40. The van der Waals surface area contributed by atoms with Gasteiger partial charge in [0.05, 0.1) is 0 Å². The second kappa shape index (κ2) is 6.60. The Morgan fingerprint density at radius 1 is 1.20 bits per heavy atom. The van der Waals surface area contributed by atoms with Crippen LogP contribution in [-0.2, 0) is 4.79 Å². The Morgan fingerprint density at radius 3 is 2.60 bits per heavy atom. The molecule has 1 amide bonds. The summed E-state index contributed by atoms with van der Waals surface area (Å²) in [5.41, 5.74) is 1.80. The zero-order valence-electron chi connectivity index (χ0n) is 11.6. The summed E-state index contributed by atoms with van der Waals surface area (Å²) in [5, 5.41) is 5.76. The number of aryl methyl sites for hydroxylation is 2. The number of carbonyl (C=O) groups is 1. The Labute approximate surface area is 117 Å². The fourth-order valence-electron chi connectivity index (χ4n) is 1.73. The average molecular weight is 271 g/mol. The van der Waals surface area contributed by atoms with Gasteiger partial charge in [0.2, 0.25) is 11.9 Å². The topological polar surface area (TPSA) is 79.8 Å². The maximum Gasteiger partial charge on any atom is 0.227 e. The van der Waals surface area contributed by atoms with Crippen LogP contribution in [0.5, 0.6) is 0 Å². The molecule has 0 aliphatic heterocycles. The van der Waals surface area contributed by atoms with Crippen LogP contribution in [0.25, 0.3) is 0 Å². The number of carbonyl (C=O) groups excluding carboxylic acids is 1. The van der Waals surface area contributed by atoms with Crippen LogP contribution in [0.15, 0.2) is 30.5 Å². The van der Waals surface area contributed by atoms with E-state index in [4.69, 9.17) is 0 Å². The first-order chi connectivity index (χ1) is 9.63. The van der Waals surface area contributed by atoms with Gasteiger partial charge in [-0.2, -0.15) is 0 Å². The summed E-state index contributed by atoms with van der Waals surface area (Å²) < 4.78 is 0. The van der Waals surface area contributed by atoms with Gasteiger partial charge in [0.1, 0.15) is 5.82 Å². The molecule has 6 heteroatoms. The maximum absolute atomic E-state index is 11.7. The number of aromatic nitrogens is 3. The molecule has 0 aliphatic carbocycles. The Hall–Kier alpha value is -2.50. The van der Waals surface area contributed by atoms with E-state index in [-0.39, 0.29) is 5.91 Å². The van der Waals surface area contributed by atoms with Gasteiger partial charge in [-0.1, -0.05) is 6.07 Å². The monoisotopic (exact) mass is 271 g/mol. The number of hydrogen-bond donors (Lipinski definition) is 2. The second-order valence-corrected chi connectivity index (χ2v) is 4.41. The number of anilines is 2. The molecule has 20 heavy (non-hydrogen) atoms. The Bertz CT molecular complexity index is 565. The van der Waals surface area contributed by atoms with Gasteiger partial charge in [-0.05, 0) is 32.0 Å². The number of nitrogens with one attached hydrogen (secondary N) is 2. The first-order valence-electron chi connectivity index (χ1n) is 6.40. The third kappa shape index (κ3) is 4.31. The van der Waals surface area contributed by atoms with Crippen LogP contribution in [0.4, 0.5) is 11.8 Å². The Kier molecular flexibility index (Phi) is 4.60. The molecule has 2 N–H and O–H groups in total. The van der Waals surface area contributed by atoms with Crippen LogP contribution in [-0.4, -0.2) is 27.4 Å². The predicted molar refractivity (Wildman–Crippen MR) is 77.5 cm³/mol. The summed E-state index contributed by atoms with van der Waals surface area (Å²) in [7, 11) is 0. The van der Waals surface area contributed by atoms with E-state index in [0.717, 1.165) is 11.4 Å². The molecule has 0 aromatic carbocycles. The lowest BCUT2D eigenvalue weighted by molar-refractivity contribution is -0.116. The van der Waals surface area contributed by atoms with Crippen molar-refractivity contribution in [3.8, 4) is 0 Å². The molecule has 0 bridgehead atoms. The summed E-state index contributed by atoms with van der Waals surface area (Å²) >= 11 is 0. The number of pyridine rings is 1. The molecule has 0 fully saturated rings. The van der Waals surface area contributed by atoms with Gasteiger partial charge in [-0.3, -0.25) is 4.79 Å². The molecule has 0 spiro atoms. The van der Waals surface area contributed by atoms with E-state index in [1.165, 1.54) is 0 Å². The van der Waals surface area contributed by atoms with Crippen molar-refractivity contribution in [2.24, 2.45) is 0 Å². The van der Waals surface area contributed by atoms with Crippen molar-refractivity contribution >= 4 is 17.7 Å². The molecule has 0 atom stereocenters. The van der Waals surface area contributed by atoms with Crippen LogP contribution in [0.3, 0.4) is 0 Å². The summed E-state index contributed by atoms with van der Waals surface area (Å²) in [6.45, 7) is 4.29. The van der Waals surface area contributed by atoms with E-state index in [9.17, 15) is 4.79 Å². The third-order valence-corrected chi connectivity index (χ3v) is 2.55. The summed E-state index contributed by atoms with van der Waals surface area (Å²) in [6, 6.07) is 7.27. The first kappa shape index (κ1) is 13.9. The van der Waals surface area contributed by atoms with E-state index in [2.05, 4.69) is 25.6 Å². The molecule has 2 aromatic rings. The molecule has 0 saturated carbocycles. The van der Waals surface area contributed by atoms with E-state index in [0.29, 0.717) is 24.7 Å². The molecule has 0 radical (unpaired) electrons. The van der Waals surface area contributed by atoms with Crippen molar-refractivity contribution in [1.82, 2.24) is 15.0 Å². The second-order valence-electron chi connectivity index (χ2n) is 4.41. The van der Waals surface area contributed by atoms with Gasteiger partial charge in [-0.15, -0.1) is 0 Å². The quantitative estimate of drug-likeness (QED) is 0.868. The van der Waals surface area contributed by atoms with Gasteiger partial charge >= 0.3 is 0 Å². The average Bonchev–Trinajstić information content (AvgIpc) is 2.38. The van der Waals surface area contributed by atoms with Gasteiger partial charge in [0, 0.05) is 30.6 Å². The lowest BCUT2D eigenvalue weighted by Gasteiger charge is -2.07. The number of rotatable bonds is 5.